The largest absolute Gasteiger partial charge is 0.467 e. The Kier molecular flexibility index (Phi) is 21.9. The Bertz CT molecular complexity index is 2210. The number of nitrogens with zero attached hydrogens (tertiary/aromatic N) is 2. The Hall–Kier alpha value is -5.73. The molecule has 3 aromatic carbocycles. The number of sulfonamides is 1. The minimum absolute atomic E-state index is 0.00744. The summed E-state index contributed by atoms with van der Waals surface area (Å²) < 4.78 is 49.6. The van der Waals surface area contributed by atoms with Crippen molar-refractivity contribution in [2.75, 3.05) is 71.5 Å². The highest BCUT2D eigenvalue weighted by molar-refractivity contribution is 7.89. The van der Waals surface area contributed by atoms with E-state index in [1.165, 1.54) is 17.0 Å². The van der Waals surface area contributed by atoms with Gasteiger partial charge in [0.1, 0.15) is 12.1 Å². The molecule has 19 heteroatoms. The molecular formula is C48H66N6O12S. The Morgan fingerprint density at radius 1 is 0.821 bits per heavy atom. The number of para-hydroxylation sites is 1. The Balaban J connectivity index is 1.35. The van der Waals surface area contributed by atoms with Crippen LogP contribution in [0.4, 0.5) is 16.2 Å². The van der Waals surface area contributed by atoms with E-state index in [9.17, 15) is 37.2 Å². The van der Waals surface area contributed by atoms with Gasteiger partial charge >= 0.3 is 12.0 Å². The molecule has 3 aromatic rings. The summed E-state index contributed by atoms with van der Waals surface area (Å²) in [5.74, 6) is -2.41. The van der Waals surface area contributed by atoms with Gasteiger partial charge in [-0.1, -0.05) is 62.4 Å². The molecule has 1 saturated heterocycles. The zero-order chi connectivity index (χ0) is 48.9. The third-order valence-electron chi connectivity index (χ3n) is 11.2. The third kappa shape index (κ3) is 17.1. The van der Waals surface area contributed by atoms with Gasteiger partial charge in [0, 0.05) is 51.0 Å². The second-order valence-electron chi connectivity index (χ2n) is 16.7. The maximum Gasteiger partial charge on any atom is 0.328 e. The highest BCUT2D eigenvalue weighted by Crippen LogP contribution is 2.27. The number of hydrogen-bond acceptors (Lipinski definition) is 12. The maximum absolute atomic E-state index is 14.0. The van der Waals surface area contributed by atoms with E-state index in [-0.39, 0.29) is 80.8 Å². The van der Waals surface area contributed by atoms with Crippen LogP contribution in [0.15, 0.2) is 83.8 Å². The first-order valence-electron chi connectivity index (χ1n) is 22.4. The van der Waals surface area contributed by atoms with Gasteiger partial charge in [-0.15, -0.1) is 0 Å². The minimum atomic E-state index is -4.23. The highest BCUT2D eigenvalue weighted by Gasteiger charge is 2.45. The van der Waals surface area contributed by atoms with Crippen molar-refractivity contribution in [3.05, 3.63) is 90.0 Å². The monoisotopic (exact) mass is 950 g/mol. The van der Waals surface area contributed by atoms with Crippen molar-refractivity contribution >= 4 is 56.9 Å². The molecule has 1 aliphatic rings. The number of likely N-dealkylation sites (N-methyl/N-ethyl adjacent to an activating group) is 1. The molecule has 0 unspecified atom stereocenters. The molecule has 67 heavy (non-hydrogen) atoms. The number of ether oxygens (including phenoxy) is 4. The fraction of sp³-hybridized carbons (Fsp3) is 0.500. The number of carbonyl (C=O) groups excluding carboxylic acids is 6. The van der Waals surface area contributed by atoms with Crippen LogP contribution >= 0.6 is 0 Å². The molecule has 366 valence electrons. The smallest absolute Gasteiger partial charge is 0.328 e. The van der Waals surface area contributed by atoms with Gasteiger partial charge in [-0.05, 0) is 80.0 Å². The van der Waals surface area contributed by atoms with Crippen molar-refractivity contribution in [3.8, 4) is 0 Å². The number of nitrogens with one attached hydrogen (secondary N) is 4. The summed E-state index contributed by atoms with van der Waals surface area (Å²) >= 11 is 0. The summed E-state index contributed by atoms with van der Waals surface area (Å²) in [5, 5.41) is 11.1. The third-order valence-corrected chi connectivity index (χ3v) is 13.0. The molecule has 4 N–H and O–H groups in total. The van der Waals surface area contributed by atoms with E-state index in [0.29, 0.717) is 43.2 Å². The van der Waals surface area contributed by atoms with Gasteiger partial charge in [0.05, 0.1) is 57.5 Å². The van der Waals surface area contributed by atoms with Crippen LogP contribution in [-0.2, 0) is 59.4 Å². The molecule has 0 spiro atoms. The second-order valence-corrected chi connectivity index (χ2v) is 18.6. The van der Waals surface area contributed by atoms with E-state index >= 15 is 0 Å². The van der Waals surface area contributed by atoms with Crippen molar-refractivity contribution in [2.24, 2.45) is 5.92 Å². The molecule has 0 aliphatic carbocycles. The van der Waals surface area contributed by atoms with Gasteiger partial charge in [0.15, 0.2) is 5.78 Å². The van der Waals surface area contributed by atoms with Crippen LogP contribution in [0.25, 0.3) is 0 Å². The topological polar surface area (TPSA) is 228 Å². The fourth-order valence-corrected chi connectivity index (χ4v) is 9.17. The molecule has 4 rings (SSSR count). The van der Waals surface area contributed by atoms with Crippen LogP contribution in [0.1, 0.15) is 63.5 Å². The number of amides is 5. The van der Waals surface area contributed by atoms with Crippen LogP contribution in [0.3, 0.4) is 0 Å². The molecule has 0 saturated carbocycles. The molecule has 0 radical (unpaired) electrons. The predicted octanol–water partition coefficient (Wildman–Crippen LogP) is 4.47. The molecule has 4 atom stereocenters. The number of carbonyl (C=O) groups is 6. The highest BCUT2D eigenvalue weighted by atomic mass is 32.2. The number of rotatable bonds is 27. The molecule has 1 heterocycles. The van der Waals surface area contributed by atoms with Crippen molar-refractivity contribution in [1.29, 1.82) is 0 Å². The lowest BCUT2D eigenvalue weighted by Crippen LogP contribution is -2.51. The number of benzene rings is 3. The predicted molar refractivity (Wildman–Crippen MR) is 252 cm³/mol. The van der Waals surface area contributed by atoms with Crippen LogP contribution in [0.2, 0.25) is 0 Å². The van der Waals surface area contributed by atoms with E-state index in [0.717, 1.165) is 17.0 Å². The minimum Gasteiger partial charge on any atom is -0.467 e. The number of methoxy groups -OCH3 is 2. The lowest BCUT2D eigenvalue weighted by atomic mass is 9.95. The average molecular weight is 951 g/mol. The number of hydrogen-bond donors (Lipinski definition) is 4. The zero-order valence-corrected chi connectivity index (χ0v) is 40.1. The van der Waals surface area contributed by atoms with E-state index < -0.39 is 58.0 Å². The van der Waals surface area contributed by atoms with Gasteiger partial charge < -0.3 is 45.1 Å². The molecule has 0 aromatic heterocycles. The van der Waals surface area contributed by atoms with Crippen LogP contribution in [0, 0.1) is 12.8 Å². The van der Waals surface area contributed by atoms with E-state index in [1.807, 2.05) is 39.0 Å². The van der Waals surface area contributed by atoms with Gasteiger partial charge in [0.25, 0.3) is 0 Å². The number of Topliss-reactive ketones (excluding diaryl/α,β-unsaturated/α-hetero) is 1. The zero-order valence-electron chi connectivity index (χ0n) is 39.3. The average Bonchev–Trinajstić information content (AvgIpc) is 3.74. The first-order valence-corrected chi connectivity index (χ1v) is 23.9. The van der Waals surface area contributed by atoms with Gasteiger partial charge in [-0.3, -0.25) is 19.2 Å². The lowest BCUT2D eigenvalue weighted by Gasteiger charge is -2.29. The number of esters is 1. The summed E-state index contributed by atoms with van der Waals surface area (Å²) in [6.45, 7) is 7.14. The van der Waals surface area contributed by atoms with E-state index in [2.05, 4.69) is 21.3 Å². The molecular weight excluding hydrogens is 885 g/mol. The summed E-state index contributed by atoms with van der Waals surface area (Å²) in [4.78, 5) is 81.3. The summed E-state index contributed by atoms with van der Waals surface area (Å²) in [6, 6.07) is 17.4. The molecule has 5 amide bonds. The SMILES string of the molecule is COCCOCCOCCC(=O)N[C@@H]1C[C@@H](C(=O)N[C@@H](CCCC(=O)[C@H](CC(C)C)N(C)C(=O)Cc2ccc(NC(=O)Nc3ccccc3C)cc2)C(=O)OC)N(S(=O)(=O)c2ccccc2)C1. The molecule has 0 bridgehead atoms. The lowest BCUT2D eigenvalue weighted by molar-refractivity contribution is -0.145. The van der Waals surface area contributed by atoms with Gasteiger partial charge in [-0.25, -0.2) is 18.0 Å². The van der Waals surface area contributed by atoms with Gasteiger partial charge in [0.2, 0.25) is 27.7 Å². The number of urea groups is 1. The van der Waals surface area contributed by atoms with Crippen molar-refractivity contribution in [2.45, 2.75) is 94.8 Å². The first kappa shape index (κ1) is 53.9. The Morgan fingerprint density at radius 2 is 1.48 bits per heavy atom. The van der Waals surface area contributed by atoms with E-state index in [4.69, 9.17) is 18.9 Å². The number of anilines is 2. The quantitative estimate of drug-likeness (QED) is 0.0614. The Morgan fingerprint density at radius 3 is 2.13 bits per heavy atom. The second kappa shape index (κ2) is 27.2. The van der Waals surface area contributed by atoms with Gasteiger partial charge in [-0.2, -0.15) is 4.31 Å². The van der Waals surface area contributed by atoms with Crippen LogP contribution in [0.5, 0.6) is 0 Å². The molecule has 18 nitrogen and oxygen atoms in total. The molecule has 1 aliphatic heterocycles. The number of aryl methyl sites for hydroxylation is 1. The summed E-state index contributed by atoms with van der Waals surface area (Å²) in [5.41, 5.74) is 2.82. The van der Waals surface area contributed by atoms with Crippen LogP contribution < -0.4 is 21.3 Å². The fourth-order valence-electron chi connectivity index (χ4n) is 7.51. The maximum atomic E-state index is 14.0. The summed E-state index contributed by atoms with van der Waals surface area (Å²) in [6.07, 6.45) is 0.403. The standard InChI is InChI=1S/C48H66N6O12S/c1-33(2)29-41(53(4)45(57)30-35-19-21-36(22-20-35)50-48(60)52-39-16-11-10-13-34(39)3)43(55)18-12-17-40(47(59)64-6)51-46(58)42-31-37(32-54(42)67(61,62)38-14-8-7-9-15-38)49-44(56)23-24-65-27-28-66-26-25-63-5/h7-11,13-16,19-22,33,37,40-42H,12,17-18,23-32H2,1-6H3,(H,49,56)(H,51,58)(H2,50,52,60)/t37-,40+,41+,42+/m1/s1. The first-order chi connectivity index (χ1) is 32.0. The Labute approximate surface area is 393 Å². The van der Waals surface area contributed by atoms with Crippen molar-refractivity contribution in [3.63, 3.8) is 0 Å². The van der Waals surface area contributed by atoms with Crippen LogP contribution in [-0.4, -0.2) is 138 Å². The van der Waals surface area contributed by atoms with E-state index in [1.54, 1.807) is 62.7 Å². The van der Waals surface area contributed by atoms with Crippen molar-refractivity contribution in [1.82, 2.24) is 19.8 Å². The normalized spacial score (nSPS) is 15.9. The molecule has 1 fully saturated rings. The van der Waals surface area contributed by atoms with Crippen molar-refractivity contribution < 1.29 is 56.1 Å². The summed E-state index contributed by atoms with van der Waals surface area (Å²) in [7, 11) is 0.0739. The number of ketones is 1.